The fourth-order valence-electron chi connectivity index (χ4n) is 4.83. The van der Waals surface area contributed by atoms with Crippen LogP contribution in [0.2, 0.25) is 5.02 Å². The van der Waals surface area contributed by atoms with Crippen LogP contribution >= 0.6 is 11.6 Å². The molecular formula is C23H27ClN6O2. The van der Waals surface area contributed by atoms with E-state index in [-0.39, 0.29) is 0 Å². The molecule has 1 aromatic carbocycles. The highest BCUT2D eigenvalue weighted by molar-refractivity contribution is 6.30. The van der Waals surface area contributed by atoms with Crippen molar-refractivity contribution >= 4 is 23.2 Å². The Labute approximate surface area is 192 Å². The van der Waals surface area contributed by atoms with E-state index in [1.165, 1.54) is 12.8 Å². The molecule has 5 rings (SSSR count). The predicted octanol–water partition coefficient (Wildman–Crippen LogP) is 4.47. The SMILES string of the molecule is CCn1nc(N[C@H]2[C@@H]3CC[C@H]2CN(c2ccnc(OC)c2)C3)nc1Oc1cccc(Cl)c1. The lowest BCUT2D eigenvalue weighted by Gasteiger charge is -2.39. The standard InChI is InChI=1S/C23H27ClN6O2/c1-3-30-23(32-19-6-4-5-17(24)11-19)27-22(28-30)26-21-15-7-8-16(21)14-29(13-15)18-9-10-25-20(12-18)31-2/h4-6,9-12,15-16,21H,3,7-8,13-14H2,1-2H3,(H,26,28)/t15-,16+,21+. The van der Waals surface area contributed by atoms with Gasteiger partial charge in [-0.1, -0.05) is 17.7 Å². The largest absolute Gasteiger partial charge is 0.481 e. The van der Waals surface area contributed by atoms with Crippen LogP contribution in [0.25, 0.3) is 0 Å². The number of methoxy groups -OCH3 is 1. The molecule has 1 aliphatic carbocycles. The van der Waals surface area contributed by atoms with Crippen LogP contribution in [0.4, 0.5) is 11.6 Å². The van der Waals surface area contributed by atoms with Crippen molar-refractivity contribution in [3.8, 4) is 17.6 Å². The smallest absolute Gasteiger partial charge is 0.322 e. The summed E-state index contributed by atoms with van der Waals surface area (Å²) in [7, 11) is 1.65. The maximum Gasteiger partial charge on any atom is 0.322 e. The summed E-state index contributed by atoms with van der Waals surface area (Å²) in [6.45, 7) is 4.66. The number of anilines is 2. The van der Waals surface area contributed by atoms with Gasteiger partial charge < -0.3 is 19.7 Å². The van der Waals surface area contributed by atoms with Crippen LogP contribution < -0.4 is 19.7 Å². The first-order chi connectivity index (χ1) is 15.6. The van der Waals surface area contributed by atoms with E-state index in [4.69, 9.17) is 21.1 Å². The van der Waals surface area contributed by atoms with Crippen LogP contribution in [0.15, 0.2) is 42.6 Å². The van der Waals surface area contributed by atoms with E-state index in [9.17, 15) is 0 Å². The number of benzene rings is 1. The molecule has 3 atom stereocenters. The Hall–Kier alpha value is -3.00. The highest BCUT2D eigenvalue weighted by atomic mass is 35.5. The zero-order valence-corrected chi connectivity index (χ0v) is 19.0. The Bertz CT molecular complexity index is 1080. The molecule has 1 saturated heterocycles. The lowest BCUT2D eigenvalue weighted by Crippen LogP contribution is -2.48. The second-order valence-electron chi connectivity index (χ2n) is 8.32. The summed E-state index contributed by atoms with van der Waals surface area (Å²) in [5.74, 6) is 2.96. The van der Waals surface area contributed by atoms with Gasteiger partial charge in [-0.3, -0.25) is 0 Å². The van der Waals surface area contributed by atoms with E-state index in [1.807, 2.05) is 37.4 Å². The number of nitrogens with zero attached hydrogens (tertiary/aromatic N) is 5. The van der Waals surface area contributed by atoms with Gasteiger partial charge in [0.1, 0.15) is 5.75 Å². The van der Waals surface area contributed by atoms with Crippen LogP contribution in [-0.4, -0.2) is 46.0 Å². The summed E-state index contributed by atoms with van der Waals surface area (Å²) >= 11 is 6.08. The number of fused-ring (bicyclic) bond motifs is 2. The van der Waals surface area contributed by atoms with Gasteiger partial charge in [0.15, 0.2) is 0 Å². The molecule has 1 N–H and O–H groups in total. The topological polar surface area (TPSA) is 77.3 Å². The van der Waals surface area contributed by atoms with Crippen molar-refractivity contribution < 1.29 is 9.47 Å². The van der Waals surface area contributed by atoms with Gasteiger partial charge in [0.2, 0.25) is 11.8 Å². The number of piperidine rings is 1. The molecule has 1 saturated carbocycles. The average Bonchev–Trinajstić information content (AvgIpc) is 3.28. The van der Waals surface area contributed by atoms with Crippen molar-refractivity contribution in [3.63, 3.8) is 0 Å². The number of hydrogen-bond acceptors (Lipinski definition) is 7. The summed E-state index contributed by atoms with van der Waals surface area (Å²) in [4.78, 5) is 11.3. The van der Waals surface area contributed by atoms with Crippen molar-refractivity contribution in [2.75, 3.05) is 30.4 Å². The van der Waals surface area contributed by atoms with Gasteiger partial charge in [-0.25, -0.2) is 9.67 Å². The molecule has 2 bridgehead atoms. The summed E-state index contributed by atoms with van der Waals surface area (Å²) in [6.07, 6.45) is 4.20. The summed E-state index contributed by atoms with van der Waals surface area (Å²) in [6, 6.07) is 12.2. The highest BCUT2D eigenvalue weighted by Gasteiger charge is 2.42. The number of aryl methyl sites for hydroxylation is 1. The van der Waals surface area contributed by atoms with E-state index >= 15 is 0 Å². The monoisotopic (exact) mass is 454 g/mol. The van der Waals surface area contributed by atoms with Crippen LogP contribution in [-0.2, 0) is 6.54 Å². The third-order valence-corrected chi connectivity index (χ3v) is 6.60. The van der Waals surface area contributed by atoms with Crippen LogP contribution in [0, 0.1) is 11.8 Å². The second kappa shape index (κ2) is 8.86. The normalized spacial score (nSPS) is 22.1. The Morgan fingerprint density at radius 1 is 1.16 bits per heavy atom. The molecule has 168 valence electrons. The van der Waals surface area contributed by atoms with Crippen molar-refractivity contribution in [1.29, 1.82) is 0 Å². The molecule has 0 unspecified atom stereocenters. The number of rotatable bonds is 7. The van der Waals surface area contributed by atoms with E-state index in [2.05, 4.69) is 31.3 Å². The minimum absolute atomic E-state index is 0.349. The average molecular weight is 455 g/mol. The van der Waals surface area contributed by atoms with E-state index in [1.54, 1.807) is 17.9 Å². The van der Waals surface area contributed by atoms with Gasteiger partial charge in [0.05, 0.1) is 7.11 Å². The Balaban J connectivity index is 1.29. The highest BCUT2D eigenvalue weighted by Crippen LogP contribution is 2.40. The molecular weight excluding hydrogens is 428 g/mol. The zero-order chi connectivity index (χ0) is 22.1. The zero-order valence-electron chi connectivity index (χ0n) is 18.2. The van der Waals surface area contributed by atoms with Gasteiger partial charge in [0.25, 0.3) is 0 Å². The maximum absolute atomic E-state index is 6.08. The van der Waals surface area contributed by atoms with Gasteiger partial charge in [-0.05, 0) is 55.9 Å². The predicted molar refractivity (Wildman–Crippen MR) is 124 cm³/mol. The van der Waals surface area contributed by atoms with Crippen molar-refractivity contribution in [1.82, 2.24) is 19.7 Å². The van der Waals surface area contributed by atoms with Crippen molar-refractivity contribution in [3.05, 3.63) is 47.6 Å². The first kappa shape index (κ1) is 20.9. The molecule has 32 heavy (non-hydrogen) atoms. The lowest BCUT2D eigenvalue weighted by atomic mass is 9.92. The minimum Gasteiger partial charge on any atom is -0.481 e. The van der Waals surface area contributed by atoms with Crippen molar-refractivity contribution in [2.24, 2.45) is 11.8 Å². The number of hydrogen-bond donors (Lipinski definition) is 1. The van der Waals surface area contributed by atoms with Gasteiger partial charge in [-0.15, -0.1) is 5.10 Å². The molecule has 2 fully saturated rings. The maximum atomic E-state index is 6.08. The summed E-state index contributed by atoms with van der Waals surface area (Å²) in [5.41, 5.74) is 1.16. The van der Waals surface area contributed by atoms with E-state index < -0.39 is 0 Å². The Morgan fingerprint density at radius 2 is 1.97 bits per heavy atom. The quantitative estimate of drug-likeness (QED) is 0.564. The first-order valence-corrected chi connectivity index (χ1v) is 11.4. The Kier molecular flexibility index (Phi) is 5.78. The van der Waals surface area contributed by atoms with Gasteiger partial charge >= 0.3 is 6.01 Å². The van der Waals surface area contributed by atoms with Crippen LogP contribution in [0.1, 0.15) is 19.8 Å². The van der Waals surface area contributed by atoms with E-state index in [0.717, 1.165) is 18.8 Å². The molecule has 2 aromatic heterocycles. The van der Waals surface area contributed by atoms with Crippen LogP contribution in [0.5, 0.6) is 17.6 Å². The molecule has 0 amide bonds. The number of aromatic nitrogens is 4. The molecule has 1 aliphatic heterocycles. The number of halogens is 1. The first-order valence-electron chi connectivity index (χ1n) is 11.0. The molecule has 8 nitrogen and oxygen atoms in total. The molecule has 3 heterocycles. The van der Waals surface area contributed by atoms with Gasteiger partial charge in [0, 0.05) is 48.6 Å². The second-order valence-corrected chi connectivity index (χ2v) is 8.76. The third-order valence-electron chi connectivity index (χ3n) is 6.36. The molecule has 9 heteroatoms. The molecule has 3 aromatic rings. The molecule has 2 aliphatic rings. The fraction of sp³-hybridized carbons (Fsp3) is 0.435. The third kappa shape index (κ3) is 4.19. The lowest BCUT2D eigenvalue weighted by molar-refractivity contribution is 0.374. The number of nitrogens with one attached hydrogen (secondary N) is 1. The number of ether oxygens (including phenoxy) is 2. The Morgan fingerprint density at radius 3 is 2.69 bits per heavy atom. The van der Waals surface area contributed by atoms with Crippen molar-refractivity contribution in [2.45, 2.75) is 32.4 Å². The minimum atomic E-state index is 0.349. The summed E-state index contributed by atoms with van der Waals surface area (Å²) in [5, 5.41) is 8.88. The summed E-state index contributed by atoms with van der Waals surface area (Å²) < 4.78 is 13.0. The van der Waals surface area contributed by atoms with E-state index in [0.29, 0.717) is 53.0 Å². The molecule has 0 spiro atoms. The molecule has 0 radical (unpaired) electrons. The van der Waals surface area contributed by atoms with Crippen LogP contribution in [0.3, 0.4) is 0 Å². The van der Waals surface area contributed by atoms with Gasteiger partial charge in [-0.2, -0.15) is 4.98 Å². The number of pyridine rings is 1. The fourth-order valence-corrected chi connectivity index (χ4v) is 5.01.